The predicted octanol–water partition coefficient (Wildman–Crippen LogP) is 2.88. The molecule has 0 unspecified atom stereocenters. The largest absolute Gasteiger partial charge is 0.496 e. The maximum Gasteiger partial charge on any atom is 0.278 e. The number of amides is 2. The molecule has 0 radical (unpaired) electrons. The number of hydrogen-bond donors (Lipinski definition) is 0. The van der Waals surface area contributed by atoms with Crippen molar-refractivity contribution in [2.24, 2.45) is 0 Å². The van der Waals surface area contributed by atoms with Crippen LogP contribution in [0.5, 0.6) is 5.75 Å². The predicted molar refractivity (Wildman–Crippen MR) is 122 cm³/mol. The normalized spacial score (nSPS) is 13.8. The van der Waals surface area contributed by atoms with Crippen molar-refractivity contribution in [2.45, 2.75) is 13.5 Å². The average Bonchev–Trinajstić information content (AvgIpc) is 3.05. The highest BCUT2D eigenvalue weighted by Gasteiger charge is 2.42. The van der Waals surface area contributed by atoms with Crippen molar-refractivity contribution in [2.75, 3.05) is 47.6 Å². The van der Waals surface area contributed by atoms with Crippen LogP contribution in [0.15, 0.2) is 54.2 Å². The molecule has 0 saturated heterocycles. The molecule has 2 aromatic rings. The van der Waals surface area contributed by atoms with Gasteiger partial charge in [0, 0.05) is 32.9 Å². The van der Waals surface area contributed by atoms with Crippen molar-refractivity contribution >= 4 is 17.4 Å². The summed E-state index contributed by atoms with van der Waals surface area (Å²) in [5, 5.41) is 0. The first-order valence-corrected chi connectivity index (χ1v) is 10.5. The van der Waals surface area contributed by atoms with Gasteiger partial charge in [0.1, 0.15) is 11.4 Å². The second-order valence-electron chi connectivity index (χ2n) is 7.58. The Hall–Kier alpha value is -3.16. The van der Waals surface area contributed by atoms with E-state index in [4.69, 9.17) is 14.2 Å². The lowest BCUT2D eigenvalue weighted by Gasteiger charge is -2.26. The Labute approximate surface area is 189 Å². The number of aryl methyl sites for hydroxylation is 1. The second-order valence-corrected chi connectivity index (χ2v) is 7.58. The van der Waals surface area contributed by atoms with Gasteiger partial charge in [-0.1, -0.05) is 48.0 Å². The number of carbonyl (C=O) groups excluding carboxylic acids is 2. The maximum atomic E-state index is 13.6. The summed E-state index contributed by atoms with van der Waals surface area (Å²) in [4.78, 5) is 30.4. The van der Waals surface area contributed by atoms with Crippen LogP contribution in [0.25, 0.3) is 5.57 Å². The van der Waals surface area contributed by atoms with E-state index in [1.54, 1.807) is 33.5 Å². The van der Waals surface area contributed by atoms with Crippen LogP contribution in [-0.4, -0.2) is 69.2 Å². The molecule has 1 aliphatic rings. The monoisotopic (exact) mass is 438 g/mol. The Morgan fingerprint density at radius 3 is 2.06 bits per heavy atom. The summed E-state index contributed by atoms with van der Waals surface area (Å²) >= 11 is 0. The summed E-state index contributed by atoms with van der Waals surface area (Å²) in [5.74, 6) is -0.129. The molecular formula is C25H30N2O5. The zero-order chi connectivity index (χ0) is 23.1. The number of imide groups is 1. The number of carbonyl (C=O) groups is 2. The molecule has 0 fully saturated rings. The van der Waals surface area contributed by atoms with Crippen LogP contribution in [0.3, 0.4) is 0 Å². The van der Waals surface area contributed by atoms with Gasteiger partial charge in [-0.15, -0.1) is 0 Å². The number of hydrogen-bond acceptors (Lipinski definition) is 6. The van der Waals surface area contributed by atoms with Crippen LogP contribution >= 0.6 is 0 Å². The molecule has 1 aliphatic heterocycles. The van der Waals surface area contributed by atoms with Crippen molar-refractivity contribution in [1.29, 1.82) is 0 Å². The van der Waals surface area contributed by atoms with Crippen LogP contribution in [0.2, 0.25) is 0 Å². The lowest BCUT2D eigenvalue weighted by Crippen LogP contribution is -2.37. The first-order valence-electron chi connectivity index (χ1n) is 10.5. The van der Waals surface area contributed by atoms with E-state index in [0.717, 1.165) is 11.1 Å². The van der Waals surface area contributed by atoms with Crippen molar-refractivity contribution in [3.8, 4) is 5.75 Å². The Kier molecular flexibility index (Phi) is 8.03. The Bertz CT molecular complexity index is 976. The van der Waals surface area contributed by atoms with Gasteiger partial charge in [-0.05, 0) is 18.6 Å². The molecule has 170 valence electrons. The molecule has 2 aromatic carbocycles. The molecule has 7 nitrogen and oxygen atoms in total. The number of para-hydroxylation sites is 1. The molecule has 3 rings (SSSR count). The lowest BCUT2D eigenvalue weighted by molar-refractivity contribution is -0.138. The summed E-state index contributed by atoms with van der Waals surface area (Å²) in [6.07, 6.45) is 0. The van der Waals surface area contributed by atoms with Gasteiger partial charge in [0.05, 0.1) is 32.4 Å². The van der Waals surface area contributed by atoms with Crippen molar-refractivity contribution < 1.29 is 23.8 Å². The van der Waals surface area contributed by atoms with Gasteiger partial charge in [0.15, 0.2) is 0 Å². The van der Waals surface area contributed by atoms with Gasteiger partial charge in [-0.3, -0.25) is 14.5 Å². The number of rotatable bonds is 11. The third-order valence-electron chi connectivity index (χ3n) is 5.43. The van der Waals surface area contributed by atoms with E-state index < -0.39 is 0 Å². The topological polar surface area (TPSA) is 68.3 Å². The first-order chi connectivity index (χ1) is 15.5. The zero-order valence-corrected chi connectivity index (χ0v) is 19.1. The van der Waals surface area contributed by atoms with Crippen LogP contribution in [-0.2, 0) is 25.6 Å². The van der Waals surface area contributed by atoms with E-state index in [1.807, 2.05) is 48.2 Å². The third-order valence-corrected chi connectivity index (χ3v) is 5.43. The fourth-order valence-electron chi connectivity index (χ4n) is 3.71. The number of benzene rings is 2. The van der Waals surface area contributed by atoms with E-state index in [2.05, 4.69) is 0 Å². The molecule has 0 N–H and O–H groups in total. The Balaban J connectivity index is 2.07. The molecule has 0 spiro atoms. The molecule has 2 amide bonds. The summed E-state index contributed by atoms with van der Waals surface area (Å²) in [5.41, 5.74) is 3.28. The van der Waals surface area contributed by atoms with Crippen molar-refractivity contribution in [3.63, 3.8) is 0 Å². The highest BCUT2D eigenvalue weighted by molar-refractivity contribution is 6.35. The summed E-state index contributed by atoms with van der Waals surface area (Å²) in [6.45, 7) is 3.91. The summed E-state index contributed by atoms with van der Waals surface area (Å²) in [6, 6.07) is 15.1. The van der Waals surface area contributed by atoms with Crippen LogP contribution in [0.1, 0.15) is 16.7 Å². The highest BCUT2D eigenvalue weighted by atomic mass is 16.5. The molecule has 0 aliphatic carbocycles. The average molecular weight is 439 g/mol. The second kappa shape index (κ2) is 10.9. The van der Waals surface area contributed by atoms with Crippen molar-refractivity contribution in [3.05, 3.63) is 70.9 Å². The minimum Gasteiger partial charge on any atom is -0.496 e. The zero-order valence-electron chi connectivity index (χ0n) is 19.1. The maximum absolute atomic E-state index is 13.6. The van der Waals surface area contributed by atoms with Gasteiger partial charge in [0.25, 0.3) is 11.8 Å². The highest BCUT2D eigenvalue weighted by Crippen LogP contribution is 2.36. The standard InChI is InChI=1S/C25H30N2O5/c1-18-9-11-19(12-10-18)17-27-24(28)22(20-7-5-6-8-21(20)32-4)23(25(27)29)26(13-15-30-2)14-16-31-3/h5-12H,13-17H2,1-4H3. The fourth-order valence-corrected chi connectivity index (χ4v) is 3.71. The summed E-state index contributed by atoms with van der Waals surface area (Å²) < 4.78 is 16.0. The summed E-state index contributed by atoms with van der Waals surface area (Å²) in [7, 11) is 4.77. The van der Waals surface area contributed by atoms with Gasteiger partial charge < -0.3 is 19.1 Å². The van der Waals surface area contributed by atoms with Crippen molar-refractivity contribution in [1.82, 2.24) is 9.80 Å². The van der Waals surface area contributed by atoms with Gasteiger partial charge >= 0.3 is 0 Å². The first kappa shape index (κ1) is 23.5. The van der Waals surface area contributed by atoms with Crippen LogP contribution in [0.4, 0.5) is 0 Å². The van der Waals surface area contributed by atoms with E-state index in [1.165, 1.54) is 4.90 Å². The minimum absolute atomic E-state index is 0.197. The van der Waals surface area contributed by atoms with Gasteiger partial charge in [0.2, 0.25) is 0 Å². The molecule has 32 heavy (non-hydrogen) atoms. The molecule has 0 aromatic heterocycles. The van der Waals surface area contributed by atoms with Crippen LogP contribution < -0.4 is 4.74 Å². The SMILES string of the molecule is COCCN(CCOC)C1=C(c2ccccc2OC)C(=O)N(Cc2ccc(C)cc2)C1=O. The molecule has 0 saturated carbocycles. The minimum atomic E-state index is -0.338. The van der Waals surface area contributed by atoms with E-state index in [0.29, 0.717) is 48.9 Å². The molecule has 0 bridgehead atoms. The molecular weight excluding hydrogens is 408 g/mol. The van der Waals surface area contributed by atoms with E-state index in [9.17, 15) is 9.59 Å². The van der Waals surface area contributed by atoms with Gasteiger partial charge in [-0.25, -0.2) is 0 Å². The van der Waals surface area contributed by atoms with E-state index in [-0.39, 0.29) is 18.4 Å². The molecule has 7 heteroatoms. The lowest BCUT2D eigenvalue weighted by atomic mass is 10.0. The Morgan fingerprint density at radius 1 is 0.844 bits per heavy atom. The fraction of sp³-hybridized carbons (Fsp3) is 0.360. The number of methoxy groups -OCH3 is 3. The number of nitrogens with zero attached hydrogens (tertiary/aromatic N) is 2. The Morgan fingerprint density at radius 2 is 1.47 bits per heavy atom. The third kappa shape index (κ3) is 5.00. The smallest absolute Gasteiger partial charge is 0.278 e. The number of ether oxygens (including phenoxy) is 3. The van der Waals surface area contributed by atoms with Gasteiger partial charge in [-0.2, -0.15) is 0 Å². The quantitative estimate of drug-likeness (QED) is 0.503. The van der Waals surface area contributed by atoms with Crippen LogP contribution in [0, 0.1) is 6.92 Å². The van der Waals surface area contributed by atoms with E-state index >= 15 is 0 Å². The molecule has 0 atom stereocenters. The molecule has 1 heterocycles.